The zero-order valence-electron chi connectivity index (χ0n) is 12.6. The monoisotopic (exact) mass is 279 g/mol. The molecule has 1 aliphatic heterocycles. The molecule has 4 heteroatoms. The summed E-state index contributed by atoms with van der Waals surface area (Å²) in [4.78, 5) is 0. The minimum absolute atomic E-state index is 0.227. The topological polar surface area (TPSA) is 50.7 Å². The van der Waals surface area contributed by atoms with Crippen LogP contribution in [-0.4, -0.2) is 31.0 Å². The highest BCUT2D eigenvalue weighted by Crippen LogP contribution is 2.32. The molecular weight excluding hydrogens is 254 g/mol. The van der Waals surface area contributed by atoms with Crippen LogP contribution < -0.4 is 14.8 Å². The normalized spacial score (nSPS) is 17.1. The summed E-state index contributed by atoms with van der Waals surface area (Å²) in [6, 6.07) is 6.28. The van der Waals surface area contributed by atoms with Crippen LogP contribution >= 0.6 is 0 Å². The van der Waals surface area contributed by atoms with Crippen molar-refractivity contribution in [2.75, 3.05) is 19.8 Å². The number of aliphatic hydroxyl groups excluding tert-OH is 1. The maximum absolute atomic E-state index is 9.79. The first-order chi connectivity index (χ1) is 9.58. The Morgan fingerprint density at radius 3 is 2.55 bits per heavy atom. The van der Waals surface area contributed by atoms with Gasteiger partial charge in [-0.2, -0.15) is 0 Å². The van der Waals surface area contributed by atoms with Gasteiger partial charge in [0.2, 0.25) is 0 Å². The Hall–Kier alpha value is -1.26. The second-order valence-corrected chi connectivity index (χ2v) is 5.68. The van der Waals surface area contributed by atoms with E-state index in [1.165, 1.54) is 5.56 Å². The summed E-state index contributed by atoms with van der Waals surface area (Å²) < 4.78 is 11.1. The van der Waals surface area contributed by atoms with Gasteiger partial charge in [0.1, 0.15) is 13.2 Å². The Labute approximate surface area is 121 Å². The number of hydrogen-bond acceptors (Lipinski definition) is 4. The number of rotatable bonds is 6. The smallest absolute Gasteiger partial charge is 0.161 e. The van der Waals surface area contributed by atoms with E-state index in [9.17, 15) is 5.11 Å². The molecule has 0 aliphatic carbocycles. The molecule has 0 aromatic heterocycles. The Morgan fingerprint density at radius 1 is 1.15 bits per heavy atom. The zero-order chi connectivity index (χ0) is 14.5. The molecule has 20 heavy (non-hydrogen) atoms. The van der Waals surface area contributed by atoms with Gasteiger partial charge in [-0.05, 0) is 43.5 Å². The molecule has 0 bridgehead atoms. The van der Waals surface area contributed by atoms with Crippen LogP contribution in [0, 0.1) is 5.92 Å². The lowest BCUT2D eigenvalue weighted by Gasteiger charge is -2.22. The highest BCUT2D eigenvalue weighted by atomic mass is 16.6. The lowest BCUT2D eigenvalue weighted by molar-refractivity contribution is 0.115. The SMILES string of the molecule is CC(NCCC(O)C(C)C)c1ccc2c(c1)OCCO2. The summed E-state index contributed by atoms with van der Waals surface area (Å²) in [5.41, 5.74) is 1.17. The fourth-order valence-electron chi connectivity index (χ4n) is 2.23. The highest BCUT2D eigenvalue weighted by molar-refractivity contribution is 5.44. The van der Waals surface area contributed by atoms with Crippen LogP contribution in [-0.2, 0) is 0 Å². The van der Waals surface area contributed by atoms with Crippen LogP contribution in [0.5, 0.6) is 11.5 Å². The lowest BCUT2D eigenvalue weighted by Crippen LogP contribution is -2.26. The van der Waals surface area contributed by atoms with Gasteiger partial charge in [0.05, 0.1) is 6.10 Å². The van der Waals surface area contributed by atoms with E-state index in [1.807, 2.05) is 26.0 Å². The van der Waals surface area contributed by atoms with Crippen molar-refractivity contribution < 1.29 is 14.6 Å². The minimum atomic E-state index is -0.241. The van der Waals surface area contributed by atoms with E-state index in [2.05, 4.69) is 18.3 Å². The third kappa shape index (κ3) is 3.87. The zero-order valence-corrected chi connectivity index (χ0v) is 12.6. The van der Waals surface area contributed by atoms with E-state index in [0.29, 0.717) is 19.1 Å². The van der Waals surface area contributed by atoms with Crippen LogP contribution in [0.3, 0.4) is 0 Å². The van der Waals surface area contributed by atoms with E-state index in [0.717, 1.165) is 24.5 Å². The number of ether oxygens (including phenoxy) is 2. The summed E-state index contributed by atoms with van der Waals surface area (Å²) in [6.45, 7) is 8.22. The van der Waals surface area contributed by atoms with Crippen molar-refractivity contribution in [3.05, 3.63) is 23.8 Å². The Kier molecular flexibility index (Phi) is 5.26. The first-order valence-electron chi connectivity index (χ1n) is 7.39. The molecule has 0 fully saturated rings. The van der Waals surface area contributed by atoms with Crippen LogP contribution in [0.4, 0.5) is 0 Å². The Bertz CT molecular complexity index is 434. The van der Waals surface area contributed by atoms with E-state index < -0.39 is 0 Å². The van der Waals surface area contributed by atoms with E-state index in [-0.39, 0.29) is 12.1 Å². The molecule has 2 N–H and O–H groups in total. The number of fused-ring (bicyclic) bond motifs is 1. The van der Waals surface area contributed by atoms with Crippen molar-refractivity contribution >= 4 is 0 Å². The van der Waals surface area contributed by atoms with Crippen molar-refractivity contribution in [1.82, 2.24) is 5.32 Å². The molecule has 0 saturated heterocycles. The maximum Gasteiger partial charge on any atom is 0.161 e. The molecule has 0 amide bonds. The predicted molar refractivity (Wildman–Crippen MR) is 79.3 cm³/mol. The van der Waals surface area contributed by atoms with Gasteiger partial charge in [-0.1, -0.05) is 19.9 Å². The second kappa shape index (κ2) is 6.95. The number of benzene rings is 1. The molecule has 2 unspecified atom stereocenters. The third-order valence-electron chi connectivity index (χ3n) is 3.73. The average Bonchev–Trinajstić information content (AvgIpc) is 2.46. The van der Waals surface area contributed by atoms with Crippen LogP contribution in [0.2, 0.25) is 0 Å². The fraction of sp³-hybridized carbons (Fsp3) is 0.625. The van der Waals surface area contributed by atoms with Crippen molar-refractivity contribution in [3.63, 3.8) is 0 Å². The van der Waals surface area contributed by atoms with Crippen molar-refractivity contribution in [3.8, 4) is 11.5 Å². The largest absolute Gasteiger partial charge is 0.486 e. The predicted octanol–water partition coefficient (Wildman–Crippen LogP) is 2.52. The van der Waals surface area contributed by atoms with Gasteiger partial charge >= 0.3 is 0 Å². The fourth-order valence-corrected chi connectivity index (χ4v) is 2.23. The maximum atomic E-state index is 9.79. The third-order valence-corrected chi connectivity index (χ3v) is 3.73. The van der Waals surface area contributed by atoms with Gasteiger partial charge in [0, 0.05) is 6.04 Å². The molecule has 2 atom stereocenters. The number of hydrogen-bond donors (Lipinski definition) is 2. The highest BCUT2D eigenvalue weighted by Gasteiger charge is 2.15. The number of aliphatic hydroxyl groups is 1. The van der Waals surface area contributed by atoms with Crippen LogP contribution in [0.25, 0.3) is 0 Å². The quantitative estimate of drug-likeness (QED) is 0.840. The van der Waals surface area contributed by atoms with Crippen LogP contribution in [0.1, 0.15) is 38.8 Å². The Morgan fingerprint density at radius 2 is 1.85 bits per heavy atom. The van der Waals surface area contributed by atoms with Gasteiger partial charge in [0.25, 0.3) is 0 Å². The van der Waals surface area contributed by atoms with Crippen molar-refractivity contribution in [1.29, 1.82) is 0 Å². The minimum Gasteiger partial charge on any atom is -0.486 e. The molecule has 1 aromatic carbocycles. The van der Waals surface area contributed by atoms with Gasteiger partial charge in [-0.3, -0.25) is 0 Å². The molecule has 1 heterocycles. The molecular formula is C16H25NO3. The second-order valence-electron chi connectivity index (χ2n) is 5.68. The van der Waals surface area contributed by atoms with E-state index in [1.54, 1.807) is 0 Å². The van der Waals surface area contributed by atoms with Crippen molar-refractivity contribution in [2.24, 2.45) is 5.92 Å². The molecule has 0 radical (unpaired) electrons. The van der Waals surface area contributed by atoms with Crippen LogP contribution in [0.15, 0.2) is 18.2 Å². The molecule has 1 aromatic rings. The summed E-state index contributed by atoms with van der Waals surface area (Å²) in [5.74, 6) is 1.95. The van der Waals surface area contributed by atoms with Gasteiger partial charge in [-0.25, -0.2) is 0 Å². The van der Waals surface area contributed by atoms with Crippen molar-refractivity contribution in [2.45, 2.75) is 39.3 Å². The molecule has 0 spiro atoms. The van der Waals surface area contributed by atoms with E-state index >= 15 is 0 Å². The standard InChI is InChI=1S/C16H25NO3/c1-11(2)14(18)6-7-17-12(3)13-4-5-15-16(10-13)20-9-8-19-15/h4-5,10-12,14,17-18H,6-9H2,1-3H3. The lowest BCUT2D eigenvalue weighted by atomic mass is 10.0. The van der Waals surface area contributed by atoms with E-state index in [4.69, 9.17) is 9.47 Å². The molecule has 1 aliphatic rings. The summed E-state index contributed by atoms with van der Waals surface area (Å²) >= 11 is 0. The molecule has 2 rings (SSSR count). The van der Waals surface area contributed by atoms with Gasteiger partial charge in [-0.15, -0.1) is 0 Å². The summed E-state index contributed by atoms with van der Waals surface area (Å²) in [5, 5.41) is 13.2. The average molecular weight is 279 g/mol. The summed E-state index contributed by atoms with van der Waals surface area (Å²) in [7, 11) is 0. The molecule has 4 nitrogen and oxygen atoms in total. The van der Waals surface area contributed by atoms with Gasteiger partial charge in [0.15, 0.2) is 11.5 Å². The first kappa shape index (κ1) is 15.1. The van der Waals surface area contributed by atoms with Gasteiger partial charge < -0.3 is 19.9 Å². The molecule has 0 saturated carbocycles. The first-order valence-corrected chi connectivity index (χ1v) is 7.39. The number of nitrogens with one attached hydrogen (secondary N) is 1. The summed E-state index contributed by atoms with van der Waals surface area (Å²) in [6.07, 6.45) is 0.530. The Balaban J connectivity index is 1.87. The molecule has 112 valence electrons.